The molecule has 4 heterocycles. The monoisotopic (exact) mass is 679 g/mol. The molecule has 0 saturated carbocycles. The van der Waals surface area contributed by atoms with E-state index in [2.05, 4.69) is 15.0 Å². The van der Waals surface area contributed by atoms with Crippen LogP contribution in [0.4, 0.5) is 51.8 Å². The lowest BCUT2D eigenvalue weighted by Gasteiger charge is -2.30. The van der Waals surface area contributed by atoms with E-state index < -0.39 is 0 Å². The molecule has 0 fully saturated rings. The molecule has 13 heteroatoms. The quantitative estimate of drug-likeness (QED) is 0.0866. The van der Waals surface area contributed by atoms with Crippen molar-refractivity contribution in [2.45, 2.75) is 0 Å². The highest BCUT2D eigenvalue weighted by Crippen LogP contribution is 2.44. The number of hydrogen-bond donors (Lipinski definition) is 6. The van der Waals surface area contributed by atoms with Gasteiger partial charge in [0.2, 0.25) is 0 Å². The Morgan fingerprint density at radius 2 is 0.588 bits per heavy atom. The average Bonchev–Trinajstić information content (AvgIpc) is 3.13. The third-order valence-corrected chi connectivity index (χ3v) is 7.71. The Kier molecular flexibility index (Phi) is 8.49. The molecule has 4 aromatic heterocycles. The van der Waals surface area contributed by atoms with Crippen molar-refractivity contribution in [2.24, 2.45) is 0 Å². The normalized spacial score (nSPS) is 10.8. The summed E-state index contributed by atoms with van der Waals surface area (Å²) in [6.07, 6.45) is 3.93. The van der Waals surface area contributed by atoms with E-state index in [1.165, 1.54) is 73.2 Å². The molecule has 0 spiro atoms. The van der Waals surface area contributed by atoms with Crippen LogP contribution in [-0.4, -0.2) is 50.6 Å². The van der Waals surface area contributed by atoms with E-state index in [0.717, 1.165) is 0 Å². The van der Waals surface area contributed by atoms with E-state index >= 15 is 0 Å². The summed E-state index contributed by atoms with van der Waals surface area (Å²) >= 11 is 0. The van der Waals surface area contributed by atoms with Gasteiger partial charge in [0.1, 0.15) is 63.6 Å². The molecule has 0 saturated heterocycles. The first-order valence-corrected chi connectivity index (χ1v) is 15.5. The SMILES string of the molecule is Oc1ccc(N(c2cc(N(c3ccc(O)cc3)c3ccc(O)cn3)nc(N(c3ccc(O)cc3)c3ccc(O)cn3)c2)c2ccc(O)cn2)cc1. The van der Waals surface area contributed by atoms with Crippen molar-refractivity contribution in [2.75, 3.05) is 14.7 Å². The lowest BCUT2D eigenvalue weighted by Crippen LogP contribution is -2.19. The van der Waals surface area contributed by atoms with Gasteiger partial charge in [-0.15, -0.1) is 0 Å². The van der Waals surface area contributed by atoms with Gasteiger partial charge in [-0.2, -0.15) is 0 Å². The third kappa shape index (κ3) is 6.89. The van der Waals surface area contributed by atoms with Crippen molar-refractivity contribution in [3.63, 3.8) is 0 Å². The molecule has 0 radical (unpaired) electrons. The second-order valence-corrected chi connectivity index (χ2v) is 11.2. The van der Waals surface area contributed by atoms with Gasteiger partial charge in [0.25, 0.3) is 0 Å². The van der Waals surface area contributed by atoms with Crippen LogP contribution < -0.4 is 14.7 Å². The molecule has 0 atom stereocenters. The number of phenols is 3. The van der Waals surface area contributed by atoms with Crippen LogP contribution in [-0.2, 0) is 0 Å². The van der Waals surface area contributed by atoms with Gasteiger partial charge < -0.3 is 30.6 Å². The maximum absolute atomic E-state index is 10.2. The number of nitrogens with zero attached hydrogens (tertiary/aromatic N) is 7. The summed E-state index contributed by atoms with van der Waals surface area (Å²) < 4.78 is 0. The van der Waals surface area contributed by atoms with Crippen LogP contribution in [0.5, 0.6) is 34.5 Å². The number of phenolic OH excluding ortho intramolecular Hbond substituents is 3. The Balaban J connectivity index is 1.54. The Morgan fingerprint density at radius 1 is 0.294 bits per heavy atom. The molecule has 51 heavy (non-hydrogen) atoms. The number of hydrogen-bond acceptors (Lipinski definition) is 13. The standard InChI is InChI=1S/C38H29N7O6/c46-28-7-1-24(2-8-28)43(34-16-13-31(49)21-39-34)27-19-37(44(25-3-9-29(47)10-4-25)35-17-14-32(50)22-40-35)42-38(20-27)45(26-5-11-30(48)12-6-26)36-18-15-33(51)23-41-36/h1-23,46-51H. The van der Waals surface area contributed by atoms with Crippen molar-refractivity contribution in [1.29, 1.82) is 0 Å². The van der Waals surface area contributed by atoms with Gasteiger partial charge in [-0.3, -0.25) is 14.7 Å². The molecule has 252 valence electrons. The minimum atomic E-state index is -0.0411. The average molecular weight is 680 g/mol. The van der Waals surface area contributed by atoms with Crippen molar-refractivity contribution in [3.8, 4) is 34.5 Å². The summed E-state index contributed by atoms with van der Waals surface area (Å²) in [7, 11) is 0. The highest BCUT2D eigenvalue weighted by molar-refractivity contribution is 5.84. The van der Waals surface area contributed by atoms with E-state index in [1.54, 1.807) is 81.4 Å². The van der Waals surface area contributed by atoms with Crippen LogP contribution in [0, 0.1) is 0 Å². The minimum Gasteiger partial charge on any atom is -0.508 e. The van der Waals surface area contributed by atoms with E-state index in [-0.39, 0.29) is 34.5 Å². The molecule has 3 aromatic carbocycles. The summed E-state index contributed by atoms with van der Waals surface area (Å²) in [5.41, 5.74) is 2.26. The number of pyridine rings is 4. The van der Waals surface area contributed by atoms with E-state index in [4.69, 9.17) is 4.98 Å². The van der Waals surface area contributed by atoms with E-state index in [0.29, 0.717) is 51.8 Å². The molecule has 0 unspecified atom stereocenters. The van der Waals surface area contributed by atoms with Crippen molar-refractivity contribution in [3.05, 3.63) is 140 Å². The smallest absolute Gasteiger partial charge is 0.143 e. The largest absolute Gasteiger partial charge is 0.508 e. The second-order valence-electron chi connectivity index (χ2n) is 11.2. The van der Waals surface area contributed by atoms with Crippen molar-refractivity contribution in [1.82, 2.24) is 19.9 Å². The van der Waals surface area contributed by atoms with Crippen LogP contribution in [0.2, 0.25) is 0 Å². The van der Waals surface area contributed by atoms with Gasteiger partial charge in [0.05, 0.1) is 24.3 Å². The predicted octanol–water partition coefficient (Wildman–Crippen LogP) is 7.91. The molecule has 0 bridgehead atoms. The third-order valence-electron chi connectivity index (χ3n) is 7.71. The van der Waals surface area contributed by atoms with E-state index in [1.807, 2.05) is 0 Å². The first-order valence-electron chi connectivity index (χ1n) is 15.5. The molecule has 0 amide bonds. The predicted molar refractivity (Wildman–Crippen MR) is 192 cm³/mol. The van der Waals surface area contributed by atoms with Crippen molar-refractivity contribution < 1.29 is 30.6 Å². The van der Waals surface area contributed by atoms with Gasteiger partial charge in [-0.05, 0) is 109 Å². The lowest BCUT2D eigenvalue weighted by molar-refractivity contribution is 0.472. The fraction of sp³-hybridized carbons (Fsp3) is 0. The molecule has 7 rings (SSSR count). The van der Waals surface area contributed by atoms with Gasteiger partial charge in [-0.25, -0.2) is 19.9 Å². The molecule has 6 N–H and O–H groups in total. The number of anilines is 9. The Morgan fingerprint density at radius 3 is 0.902 bits per heavy atom. The lowest BCUT2D eigenvalue weighted by atomic mass is 10.2. The van der Waals surface area contributed by atoms with Crippen molar-refractivity contribution >= 4 is 51.8 Å². The van der Waals surface area contributed by atoms with Crippen LogP contribution in [0.25, 0.3) is 0 Å². The maximum Gasteiger partial charge on any atom is 0.143 e. The van der Waals surface area contributed by atoms with Gasteiger partial charge in [-0.1, -0.05) is 0 Å². The molecule has 0 aliphatic heterocycles. The first-order chi connectivity index (χ1) is 24.7. The van der Waals surface area contributed by atoms with Crippen LogP contribution in [0.3, 0.4) is 0 Å². The zero-order valence-electron chi connectivity index (χ0n) is 26.6. The molecule has 7 aromatic rings. The Bertz CT molecular complexity index is 1850. The highest BCUT2D eigenvalue weighted by atomic mass is 16.3. The van der Waals surface area contributed by atoms with Crippen LogP contribution in [0.1, 0.15) is 0 Å². The summed E-state index contributed by atoms with van der Waals surface area (Å²) in [6.45, 7) is 0. The highest BCUT2D eigenvalue weighted by Gasteiger charge is 2.25. The summed E-state index contributed by atoms with van der Waals surface area (Å²) in [5.74, 6) is 1.88. The van der Waals surface area contributed by atoms with Gasteiger partial charge in [0, 0.05) is 29.2 Å². The van der Waals surface area contributed by atoms with Crippen LogP contribution >= 0.6 is 0 Å². The number of rotatable bonds is 9. The zero-order chi connectivity index (χ0) is 35.5. The zero-order valence-corrected chi connectivity index (χ0v) is 26.6. The maximum atomic E-state index is 10.2. The first kappa shape index (κ1) is 32.0. The minimum absolute atomic E-state index is 0.0330. The molecule has 13 nitrogen and oxygen atoms in total. The Hall–Kier alpha value is -7.54. The summed E-state index contributed by atoms with van der Waals surface area (Å²) in [5, 5.41) is 60.8. The fourth-order valence-electron chi connectivity index (χ4n) is 5.36. The molecular weight excluding hydrogens is 650 g/mol. The van der Waals surface area contributed by atoms with Gasteiger partial charge in [0.15, 0.2) is 0 Å². The number of aromatic hydroxyl groups is 6. The number of benzene rings is 3. The summed E-state index contributed by atoms with van der Waals surface area (Å²) in [4.78, 5) is 23.8. The molecule has 0 aliphatic rings. The fourth-order valence-corrected chi connectivity index (χ4v) is 5.36. The molecule has 0 aliphatic carbocycles. The van der Waals surface area contributed by atoms with E-state index in [9.17, 15) is 30.6 Å². The molecular formula is C38H29N7O6. The topological polar surface area (TPSA) is 183 Å². The second kappa shape index (κ2) is 13.5. The number of aromatic nitrogens is 4. The van der Waals surface area contributed by atoms with Crippen LogP contribution in [0.15, 0.2) is 140 Å². The summed E-state index contributed by atoms with van der Waals surface area (Å²) in [6, 6.07) is 32.3. The van der Waals surface area contributed by atoms with Gasteiger partial charge >= 0.3 is 0 Å². The Labute approximate surface area is 291 Å².